The zero-order valence-corrected chi connectivity index (χ0v) is 15.2. The van der Waals surface area contributed by atoms with Crippen LogP contribution in [0.25, 0.3) is 10.9 Å². The Kier molecular flexibility index (Phi) is 5.02. The molecule has 0 aliphatic carbocycles. The summed E-state index contributed by atoms with van der Waals surface area (Å²) in [6, 6.07) is 9.74. The van der Waals surface area contributed by atoms with Crippen LogP contribution in [0.5, 0.6) is 0 Å². The number of carbonyl (C=O) groups excluding carboxylic acids is 2. The highest BCUT2D eigenvalue weighted by Crippen LogP contribution is 2.24. The van der Waals surface area contributed by atoms with Crippen LogP contribution in [0.3, 0.4) is 0 Å². The van der Waals surface area contributed by atoms with Crippen molar-refractivity contribution in [3.05, 3.63) is 41.6 Å². The number of benzene rings is 1. The fourth-order valence-corrected chi connectivity index (χ4v) is 3.27. The Morgan fingerprint density at radius 2 is 1.72 bits per heavy atom. The zero-order chi connectivity index (χ0) is 18.0. The van der Waals surface area contributed by atoms with Gasteiger partial charge < -0.3 is 9.80 Å². The molecule has 1 aliphatic heterocycles. The highest BCUT2D eigenvalue weighted by Gasteiger charge is 2.23. The molecule has 25 heavy (non-hydrogen) atoms. The van der Waals surface area contributed by atoms with Gasteiger partial charge in [0.1, 0.15) is 0 Å². The normalized spacial score (nSPS) is 15.5. The van der Waals surface area contributed by atoms with Crippen molar-refractivity contribution in [1.82, 2.24) is 14.8 Å². The van der Waals surface area contributed by atoms with Gasteiger partial charge >= 0.3 is 0 Å². The molecule has 5 heteroatoms. The molecule has 2 heterocycles. The summed E-state index contributed by atoms with van der Waals surface area (Å²) in [5.74, 6) is 0.366. The van der Waals surface area contributed by atoms with Crippen molar-refractivity contribution in [2.75, 3.05) is 26.2 Å². The van der Waals surface area contributed by atoms with Crippen molar-refractivity contribution in [3.63, 3.8) is 0 Å². The number of carbonyl (C=O) groups is 2. The molecule has 0 bridgehead atoms. The van der Waals surface area contributed by atoms with Crippen LogP contribution in [0.4, 0.5) is 0 Å². The molecule has 1 saturated heterocycles. The summed E-state index contributed by atoms with van der Waals surface area (Å²) < 4.78 is 0. The van der Waals surface area contributed by atoms with E-state index in [2.05, 4.69) is 13.8 Å². The van der Waals surface area contributed by atoms with E-state index in [1.54, 1.807) is 6.92 Å². The lowest BCUT2D eigenvalue weighted by Gasteiger charge is -2.22. The predicted molar refractivity (Wildman–Crippen MR) is 98.6 cm³/mol. The van der Waals surface area contributed by atoms with Crippen LogP contribution < -0.4 is 0 Å². The Bertz CT molecular complexity index is 801. The molecule has 0 saturated carbocycles. The van der Waals surface area contributed by atoms with Crippen molar-refractivity contribution in [1.29, 1.82) is 0 Å². The van der Waals surface area contributed by atoms with E-state index in [-0.39, 0.29) is 17.7 Å². The topological polar surface area (TPSA) is 53.5 Å². The van der Waals surface area contributed by atoms with Gasteiger partial charge in [0.25, 0.3) is 5.91 Å². The van der Waals surface area contributed by atoms with Crippen molar-refractivity contribution in [2.24, 2.45) is 0 Å². The number of amides is 2. The minimum Gasteiger partial charge on any atom is -0.341 e. The SMILES string of the molecule is CC(=O)N1CCCN(C(=O)c2cc(C(C)C)nc3ccccc23)CC1. The van der Waals surface area contributed by atoms with Crippen LogP contribution in [0.1, 0.15) is 49.2 Å². The van der Waals surface area contributed by atoms with Gasteiger partial charge in [-0.25, -0.2) is 0 Å². The predicted octanol–water partition coefficient (Wildman–Crippen LogP) is 3.05. The second kappa shape index (κ2) is 7.21. The van der Waals surface area contributed by atoms with Crippen molar-refractivity contribution >= 4 is 22.7 Å². The van der Waals surface area contributed by atoms with Gasteiger partial charge in [-0.15, -0.1) is 0 Å². The Morgan fingerprint density at radius 3 is 2.44 bits per heavy atom. The maximum atomic E-state index is 13.2. The second-order valence-electron chi connectivity index (χ2n) is 6.92. The molecule has 1 aliphatic rings. The van der Waals surface area contributed by atoms with Crippen LogP contribution in [0, 0.1) is 0 Å². The Labute approximate surface area is 148 Å². The fourth-order valence-electron chi connectivity index (χ4n) is 3.27. The summed E-state index contributed by atoms with van der Waals surface area (Å²) >= 11 is 0. The fraction of sp³-hybridized carbons (Fsp3) is 0.450. The Hall–Kier alpha value is -2.43. The van der Waals surface area contributed by atoms with Crippen LogP contribution in [0.2, 0.25) is 0 Å². The molecular weight excluding hydrogens is 314 g/mol. The summed E-state index contributed by atoms with van der Waals surface area (Å²) in [5.41, 5.74) is 2.50. The minimum absolute atomic E-state index is 0.0332. The van der Waals surface area contributed by atoms with E-state index in [4.69, 9.17) is 4.98 Å². The third-order valence-corrected chi connectivity index (χ3v) is 4.79. The monoisotopic (exact) mass is 339 g/mol. The molecule has 5 nitrogen and oxygen atoms in total. The van der Waals surface area contributed by atoms with E-state index >= 15 is 0 Å². The average Bonchev–Trinajstić information content (AvgIpc) is 2.86. The molecule has 0 N–H and O–H groups in total. The number of fused-ring (bicyclic) bond motifs is 1. The standard InChI is InChI=1S/C20H25N3O2/c1-14(2)19-13-17(16-7-4-5-8-18(16)21-19)20(25)23-10-6-9-22(11-12-23)15(3)24/h4-5,7-8,13-14H,6,9-12H2,1-3H3. The minimum atomic E-state index is 0.0332. The van der Waals surface area contributed by atoms with Crippen molar-refractivity contribution < 1.29 is 9.59 Å². The lowest BCUT2D eigenvalue weighted by molar-refractivity contribution is -0.128. The molecule has 3 rings (SSSR count). The van der Waals surface area contributed by atoms with E-state index in [9.17, 15) is 9.59 Å². The third-order valence-electron chi connectivity index (χ3n) is 4.79. The van der Waals surface area contributed by atoms with Crippen molar-refractivity contribution in [2.45, 2.75) is 33.1 Å². The number of hydrogen-bond donors (Lipinski definition) is 0. The largest absolute Gasteiger partial charge is 0.341 e. The van der Waals surface area contributed by atoms with Crippen molar-refractivity contribution in [3.8, 4) is 0 Å². The molecule has 0 unspecified atom stereocenters. The molecule has 0 radical (unpaired) electrons. The van der Waals surface area contributed by atoms with E-state index in [1.807, 2.05) is 40.1 Å². The Balaban J connectivity index is 1.95. The lowest BCUT2D eigenvalue weighted by Crippen LogP contribution is -2.36. The smallest absolute Gasteiger partial charge is 0.254 e. The quantitative estimate of drug-likeness (QED) is 0.845. The Morgan fingerprint density at radius 1 is 1.04 bits per heavy atom. The number of hydrogen-bond acceptors (Lipinski definition) is 3. The third kappa shape index (κ3) is 3.65. The van der Waals surface area contributed by atoms with Gasteiger partial charge in [0.2, 0.25) is 5.91 Å². The first-order valence-electron chi connectivity index (χ1n) is 8.92. The molecule has 0 spiro atoms. The number of aromatic nitrogens is 1. The summed E-state index contributed by atoms with van der Waals surface area (Å²) in [5, 5.41) is 0.893. The van der Waals surface area contributed by atoms with Gasteiger partial charge in [0.05, 0.1) is 11.1 Å². The van der Waals surface area contributed by atoms with Gasteiger partial charge in [-0.3, -0.25) is 14.6 Å². The zero-order valence-electron chi connectivity index (χ0n) is 15.2. The molecule has 1 fully saturated rings. The summed E-state index contributed by atoms with van der Waals surface area (Å²) in [6.45, 7) is 8.32. The molecule has 2 aromatic rings. The number of nitrogens with zero attached hydrogens (tertiary/aromatic N) is 3. The van der Waals surface area contributed by atoms with Gasteiger partial charge in [-0.1, -0.05) is 32.0 Å². The average molecular weight is 339 g/mol. The summed E-state index contributed by atoms with van der Waals surface area (Å²) in [6.07, 6.45) is 0.811. The van der Waals surface area contributed by atoms with Gasteiger partial charge in [0.15, 0.2) is 0 Å². The van der Waals surface area contributed by atoms with Crippen LogP contribution >= 0.6 is 0 Å². The first-order valence-corrected chi connectivity index (χ1v) is 8.92. The number of para-hydroxylation sites is 1. The van der Waals surface area contributed by atoms with Crippen LogP contribution in [0.15, 0.2) is 30.3 Å². The van der Waals surface area contributed by atoms with Crippen LogP contribution in [-0.4, -0.2) is 52.8 Å². The maximum Gasteiger partial charge on any atom is 0.254 e. The first kappa shape index (κ1) is 17.4. The molecule has 2 amide bonds. The molecule has 132 valence electrons. The van der Waals surface area contributed by atoms with Gasteiger partial charge in [0, 0.05) is 44.2 Å². The van der Waals surface area contributed by atoms with E-state index < -0.39 is 0 Å². The van der Waals surface area contributed by atoms with Gasteiger partial charge in [-0.2, -0.15) is 0 Å². The van der Waals surface area contributed by atoms with E-state index in [1.165, 1.54) is 0 Å². The molecule has 0 atom stereocenters. The first-order chi connectivity index (χ1) is 12.0. The van der Waals surface area contributed by atoms with E-state index in [0.717, 1.165) is 23.0 Å². The van der Waals surface area contributed by atoms with Gasteiger partial charge in [-0.05, 0) is 24.5 Å². The highest BCUT2D eigenvalue weighted by atomic mass is 16.2. The summed E-state index contributed by atoms with van der Waals surface area (Å²) in [4.78, 5) is 33.2. The van der Waals surface area contributed by atoms with E-state index in [0.29, 0.717) is 31.7 Å². The lowest BCUT2D eigenvalue weighted by atomic mass is 10.0. The second-order valence-corrected chi connectivity index (χ2v) is 6.92. The molecular formula is C20H25N3O2. The highest BCUT2D eigenvalue weighted by molar-refractivity contribution is 6.06. The summed E-state index contributed by atoms with van der Waals surface area (Å²) in [7, 11) is 0. The molecule has 1 aromatic carbocycles. The number of pyridine rings is 1. The molecule has 1 aromatic heterocycles. The van der Waals surface area contributed by atoms with Crippen LogP contribution in [-0.2, 0) is 4.79 Å². The maximum absolute atomic E-state index is 13.2. The number of rotatable bonds is 2.